The second-order valence-corrected chi connectivity index (χ2v) is 7.23. The molecule has 0 rings (SSSR count). The minimum Gasteiger partial charge on any atom is -0.466 e. The molecule has 0 aliphatic carbocycles. The Kier molecular flexibility index (Phi) is 18.9. The lowest BCUT2D eigenvalue weighted by molar-refractivity contribution is -0.150. The zero-order valence-corrected chi connectivity index (χ0v) is 17.9. The van der Waals surface area contributed by atoms with E-state index >= 15 is 0 Å². The Morgan fingerprint density at radius 2 is 1.33 bits per heavy atom. The van der Waals surface area contributed by atoms with Crippen LogP contribution in [0.15, 0.2) is 0 Å². The van der Waals surface area contributed by atoms with Gasteiger partial charge in [0.1, 0.15) is 6.10 Å². The summed E-state index contributed by atoms with van der Waals surface area (Å²) in [5, 5.41) is 0. The first-order valence-corrected chi connectivity index (χ1v) is 11.0. The van der Waals surface area contributed by atoms with Gasteiger partial charge in [0.05, 0.1) is 6.61 Å². The number of hydrogen-bond donors (Lipinski definition) is 0. The van der Waals surface area contributed by atoms with Crippen molar-refractivity contribution < 1.29 is 23.8 Å². The van der Waals surface area contributed by atoms with Crippen LogP contribution in [0.5, 0.6) is 0 Å². The molecule has 0 spiro atoms. The Balaban J connectivity index is 3.87. The largest absolute Gasteiger partial charge is 0.466 e. The number of esters is 2. The van der Waals surface area contributed by atoms with Crippen molar-refractivity contribution in [2.45, 2.75) is 110 Å². The molecular weight excluding hydrogens is 344 g/mol. The van der Waals surface area contributed by atoms with Crippen LogP contribution in [0.2, 0.25) is 0 Å². The van der Waals surface area contributed by atoms with E-state index in [0.717, 1.165) is 57.8 Å². The number of hydrogen-bond acceptors (Lipinski definition) is 5. The van der Waals surface area contributed by atoms with Crippen LogP contribution >= 0.6 is 0 Å². The highest BCUT2D eigenvalue weighted by molar-refractivity contribution is 5.70. The summed E-state index contributed by atoms with van der Waals surface area (Å²) in [4.78, 5) is 23.6. The topological polar surface area (TPSA) is 61.8 Å². The van der Waals surface area contributed by atoms with Crippen LogP contribution in [0.4, 0.5) is 0 Å². The van der Waals surface area contributed by atoms with E-state index in [4.69, 9.17) is 14.2 Å². The minimum atomic E-state index is -0.128. The summed E-state index contributed by atoms with van der Waals surface area (Å²) in [7, 11) is 1.70. The van der Waals surface area contributed by atoms with Gasteiger partial charge in [0.25, 0.3) is 0 Å². The van der Waals surface area contributed by atoms with Gasteiger partial charge in [-0.25, -0.2) is 0 Å². The fraction of sp³-hybridized carbons (Fsp3) is 0.909. The lowest BCUT2D eigenvalue weighted by atomic mass is 10.1. The van der Waals surface area contributed by atoms with Crippen molar-refractivity contribution in [3.63, 3.8) is 0 Å². The smallest absolute Gasteiger partial charge is 0.306 e. The van der Waals surface area contributed by atoms with Crippen molar-refractivity contribution in [3.8, 4) is 0 Å². The van der Waals surface area contributed by atoms with Crippen molar-refractivity contribution in [1.82, 2.24) is 0 Å². The van der Waals surface area contributed by atoms with Crippen LogP contribution in [0.3, 0.4) is 0 Å². The van der Waals surface area contributed by atoms with Crippen molar-refractivity contribution in [2.75, 3.05) is 20.3 Å². The molecule has 160 valence electrons. The zero-order valence-electron chi connectivity index (χ0n) is 17.9. The van der Waals surface area contributed by atoms with Gasteiger partial charge in [-0.2, -0.15) is 0 Å². The van der Waals surface area contributed by atoms with Crippen LogP contribution in [-0.4, -0.2) is 38.4 Å². The Morgan fingerprint density at radius 1 is 0.704 bits per heavy atom. The predicted octanol–water partition coefficient (Wildman–Crippen LogP) is 5.59. The number of methoxy groups -OCH3 is 1. The number of ether oxygens (including phenoxy) is 3. The quantitative estimate of drug-likeness (QED) is 0.214. The van der Waals surface area contributed by atoms with Gasteiger partial charge in [-0.15, -0.1) is 0 Å². The molecule has 0 aromatic heterocycles. The molecule has 0 radical (unpaired) electrons. The van der Waals surface area contributed by atoms with E-state index < -0.39 is 0 Å². The van der Waals surface area contributed by atoms with Gasteiger partial charge < -0.3 is 14.2 Å². The second-order valence-electron chi connectivity index (χ2n) is 7.23. The minimum absolute atomic E-state index is 0.0121. The first-order valence-electron chi connectivity index (χ1n) is 11.0. The van der Waals surface area contributed by atoms with E-state index in [1.165, 1.54) is 19.3 Å². The molecule has 0 aromatic rings. The summed E-state index contributed by atoms with van der Waals surface area (Å²) in [6.45, 7) is 5.49. The molecule has 1 unspecified atom stereocenters. The monoisotopic (exact) mass is 386 g/mol. The number of carbonyl (C=O) groups is 2. The Bertz CT molecular complexity index is 357. The highest BCUT2D eigenvalue weighted by atomic mass is 16.5. The average Bonchev–Trinajstić information content (AvgIpc) is 2.65. The molecule has 5 heteroatoms. The average molecular weight is 387 g/mol. The van der Waals surface area contributed by atoms with E-state index in [1.54, 1.807) is 7.11 Å². The summed E-state index contributed by atoms with van der Waals surface area (Å²) < 4.78 is 15.9. The van der Waals surface area contributed by atoms with E-state index in [-0.39, 0.29) is 18.0 Å². The molecule has 0 fully saturated rings. The summed E-state index contributed by atoms with van der Waals surface area (Å²) in [6, 6.07) is 0. The first kappa shape index (κ1) is 25.9. The van der Waals surface area contributed by atoms with Crippen LogP contribution in [0, 0.1) is 0 Å². The van der Waals surface area contributed by atoms with Gasteiger partial charge in [0, 0.05) is 26.6 Å². The summed E-state index contributed by atoms with van der Waals surface area (Å²) in [5.74, 6) is -0.241. The SMILES string of the molecule is CCCCCCC(CCCOC)OC(=O)CCCCCC(=O)OCCCC. The third-order valence-corrected chi connectivity index (χ3v) is 4.58. The third kappa shape index (κ3) is 18.0. The number of carbonyl (C=O) groups excluding carboxylic acids is 2. The van der Waals surface area contributed by atoms with Crippen molar-refractivity contribution in [3.05, 3.63) is 0 Å². The summed E-state index contributed by atoms with van der Waals surface area (Å²) in [5.41, 5.74) is 0. The lowest BCUT2D eigenvalue weighted by Crippen LogP contribution is -2.19. The van der Waals surface area contributed by atoms with Gasteiger partial charge in [0.15, 0.2) is 0 Å². The fourth-order valence-electron chi connectivity index (χ4n) is 2.88. The molecule has 5 nitrogen and oxygen atoms in total. The summed E-state index contributed by atoms with van der Waals surface area (Å²) >= 11 is 0. The maximum atomic E-state index is 12.1. The molecule has 1 atom stereocenters. The van der Waals surface area contributed by atoms with Crippen molar-refractivity contribution in [2.24, 2.45) is 0 Å². The van der Waals surface area contributed by atoms with Crippen molar-refractivity contribution >= 4 is 11.9 Å². The van der Waals surface area contributed by atoms with Gasteiger partial charge in [0.2, 0.25) is 0 Å². The number of unbranched alkanes of at least 4 members (excludes halogenated alkanes) is 6. The van der Waals surface area contributed by atoms with E-state index in [2.05, 4.69) is 13.8 Å². The van der Waals surface area contributed by atoms with E-state index in [0.29, 0.717) is 26.1 Å². The summed E-state index contributed by atoms with van der Waals surface area (Å²) in [6.07, 6.45) is 12.7. The predicted molar refractivity (Wildman–Crippen MR) is 109 cm³/mol. The normalized spacial score (nSPS) is 12.0. The third-order valence-electron chi connectivity index (χ3n) is 4.58. The van der Waals surface area contributed by atoms with Crippen LogP contribution in [-0.2, 0) is 23.8 Å². The van der Waals surface area contributed by atoms with Crippen LogP contribution in [0.25, 0.3) is 0 Å². The molecule has 0 saturated carbocycles. The maximum Gasteiger partial charge on any atom is 0.306 e. The molecule has 0 bridgehead atoms. The molecule has 27 heavy (non-hydrogen) atoms. The second kappa shape index (κ2) is 19.7. The van der Waals surface area contributed by atoms with Gasteiger partial charge in [-0.1, -0.05) is 46.0 Å². The maximum absolute atomic E-state index is 12.1. The lowest BCUT2D eigenvalue weighted by Gasteiger charge is -2.18. The molecule has 0 aliphatic heterocycles. The molecule has 0 heterocycles. The molecule has 0 saturated heterocycles. The van der Waals surface area contributed by atoms with Gasteiger partial charge in [-0.05, 0) is 44.9 Å². The fourth-order valence-corrected chi connectivity index (χ4v) is 2.88. The van der Waals surface area contributed by atoms with Crippen LogP contribution < -0.4 is 0 Å². The molecule has 0 aromatic carbocycles. The van der Waals surface area contributed by atoms with Gasteiger partial charge >= 0.3 is 11.9 Å². The van der Waals surface area contributed by atoms with Crippen LogP contribution in [0.1, 0.15) is 104 Å². The standard InChI is InChI=1S/C22H42O5/c1-4-6-8-10-14-20(15-13-18-25-3)27-22(24)17-12-9-11-16-21(23)26-19-7-5-2/h20H,4-19H2,1-3H3. The Hall–Kier alpha value is -1.10. The molecule has 0 aliphatic rings. The molecule has 0 amide bonds. The zero-order chi connectivity index (χ0) is 20.2. The highest BCUT2D eigenvalue weighted by Gasteiger charge is 2.14. The first-order chi connectivity index (χ1) is 13.1. The molecular formula is C22H42O5. The number of rotatable bonds is 19. The molecule has 0 N–H and O–H groups in total. The Labute approximate surface area is 166 Å². The Morgan fingerprint density at radius 3 is 2.00 bits per heavy atom. The van der Waals surface area contributed by atoms with E-state index in [1.807, 2.05) is 0 Å². The van der Waals surface area contributed by atoms with Gasteiger partial charge in [-0.3, -0.25) is 9.59 Å². The van der Waals surface area contributed by atoms with Crippen molar-refractivity contribution in [1.29, 1.82) is 0 Å². The highest BCUT2D eigenvalue weighted by Crippen LogP contribution is 2.15. The van der Waals surface area contributed by atoms with E-state index in [9.17, 15) is 9.59 Å².